The van der Waals surface area contributed by atoms with Crippen molar-refractivity contribution in [2.24, 2.45) is 0 Å². The Morgan fingerprint density at radius 3 is 2.42 bits per heavy atom. The third-order valence-electron chi connectivity index (χ3n) is 4.54. The van der Waals surface area contributed by atoms with Crippen molar-refractivity contribution < 1.29 is 9.50 Å². The molecule has 1 heterocycles. The first-order chi connectivity index (χ1) is 11.6. The van der Waals surface area contributed by atoms with E-state index >= 15 is 0 Å². The van der Waals surface area contributed by atoms with Crippen LogP contribution in [0.5, 0.6) is 0 Å². The third kappa shape index (κ3) is 3.02. The van der Waals surface area contributed by atoms with Crippen molar-refractivity contribution in [3.8, 4) is 0 Å². The van der Waals surface area contributed by atoms with Gasteiger partial charge in [-0.25, -0.2) is 4.39 Å². The maximum Gasteiger partial charge on any atom is 0.182 e. The summed E-state index contributed by atoms with van der Waals surface area (Å²) in [6, 6.07) is 13.3. The van der Waals surface area contributed by atoms with Crippen molar-refractivity contribution in [3.05, 3.63) is 65.2 Å². The largest absolute Gasteiger partial charge is 0.372 e. The second kappa shape index (κ2) is 6.65. The summed E-state index contributed by atoms with van der Waals surface area (Å²) in [5, 5.41) is 14.1. The molecule has 3 nitrogen and oxygen atoms in total. The molecule has 0 amide bonds. The van der Waals surface area contributed by atoms with Crippen LogP contribution in [0, 0.1) is 0 Å². The summed E-state index contributed by atoms with van der Waals surface area (Å²) in [4.78, 5) is 2.26. The summed E-state index contributed by atoms with van der Waals surface area (Å²) >= 11 is 0. The highest BCUT2D eigenvalue weighted by Crippen LogP contribution is 2.34. The number of alkyl halides is 1. The van der Waals surface area contributed by atoms with Gasteiger partial charge >= 0.3 is 0 Å². The van der Waals surface area contributed by atoms with E-state index in [1.807, 2.05) is 36.4 Å². The van der Waals surface area contributed by atoms with E-state index in [4.69, 9.17) is 0 Å². The average Bonchev–Trinajstić information content (AvgIpc) is 2.63. The zero-order valence-corrected chi connectivity index (χ0v) is 14.1. The smallest absolute Gasteiger partial charge is 0.182 e. The molecule has 0 bridgehead atoms. The van der Waals surface area contributed by atoms with Crippen LogP contribution in [0.1, 0.15) is 30.5 Å². The molecule has 0 spiro atoms. The Morgan fingerprint density at radius 2 is 1.79 bits per heavy atom. The Kier molecular flexibility index (Phi) is 4.58. The highest BCUT2D eigenvalue weighted by molar-refractivity contribution is 5.73. The highest BCUT2D eigenvalue weighted by atomic mass is 19.1. The van der Waals surface area contributed by atoms with E-state index in [0.29, 0.717) is 5.56 Å². The molecule has 0 fully saturated rings. The maximum atomic E-state index is 12.8. The molecule has 24 heavy (non-hydrogen) atoms. The first-order valence-corrected chi connectivity index (χ1v) is 8.33. The van der Waals surface area contributed by atoms with Gasteiger partial charge in [-0.1, -0.05) is 24.3 Å². The van der Waals surface area contributed by atoms with Gasteiger partial charge in [0.1, 0.15) is 6.67 Å². The third-order valence-corrected chi connectivity index (χ3v) is 4.54. The average molecular weight is 326 g/mol. The predicted octanol–water partition coefficient (Wildman–Crippen LogP) is 4.29. The van der Waals surface area contributed by atoms with Crippen LogP contribution in [-0.2, 0) is 12.4 Å². The van der Waals surface area contributed by atoms with Crippen LogP contribution in [-0.4, -0.2) is 18.2 Å². The normalized spacial score (nSPS) is 18.8. The van der Waals surface area contributed by atoms with Crippen LogP contribution >= 0.6 is 0 Å². The van der Waals surface area contributed by atoms with E-state index in [0.717, 1.165) is 35.6 Å². The fraction of sp³-hybridized carbons (Fsp3) is 0.300. The molecule has 0 aliphatic carbocycles. The molecule has 1 atom stereocenters. The van der Waals surface area contributed by atoms with Crippen LogP contribution in [0.15, 0.2) is 48.5 Å². The van der Waals surface area contributed by atoms with Gasteiger partial charge in [0.05, 0.1) is 0 Å². The predicted molar refractivity (Wildman–Crippen MR) is 97.8 cm³/mol. The van der Waals surface area contributed by atoms with Crippen molar-refractivity contribution in [3.63, 3.8) is 0 Å². The van der Waals surface area contributed by atoms with Crippen LogP contribution in [0.3, 0.4) is 0 Å². The lowest BCUT2D eigenvalue weighted by atomic mass is 9.95. The van der Waals surface area contributed by atoms with Gasteiger partial charge in [0.25, 0.3) is 0 Å². The molecule has 2 aromatic rings. The Labute approximate surface area is 142 Å². The van der Waals surface area contributed by atoms with Crippen molar-refractivity contribution in [1.82, 2.24) is 0 Å². The minimum atomic E-state index is -1.26. The number of nitrogens with zero attached hydrogens (tertiary/aromatic N) is 1. The minimum absolute atomic E-state index is 0.488. The van der Waals surface area contributed by atoms with E-state index < -0.39 is 12.4 Å². The van der Waals surface area contributed by atoms with E-state index in [2.05, 4.69) is 24.1 Å². The summed E-state index contributed by atoms with van der Waals surface area (Å²) in [6.07, 6.45) is 3.55. The lowest BCUT2D eigenvalue weighted by Crippen LogP contribution is -2.34. The molecule has 1 aliphatic heterocycles. The molecule has 0 saturated carbocycles. The molecule has 126 valence electrons. The SMILES string of the molecule is CCN(CC)c1ccc(C2(O)C=Cc3cc(CF)ccc3N2)cc1. The minimum Gasteiger partial charge on any atom is -0.372 e. The Balaban J connectivity index is 1.87. The number of hydrogen-bond donors (Lipinski definition) is 2. The Morgan fingerprint density at radius 1 is 1.08 bits per heavy atom. The fourth-order valence-corrected chi connectivity index (χ4v) is 3.09. The van der Waals surface area contributed by atoms with E-state index in [-0.39, 0.29) is 0 Å². The van der Waals surface area contributed by atoms with Gasteiger partial charge in [0.2, 0.25) is 0 Å². The lowest BCUT2D eigenvalue weighted by molar-refractivity contribution is 0.121. The van der Waals surface area contributed by atoms with E-state index in [9.17, 15) is 9.50 Å². The van der Waals surface area contributed by atoms with Gasteiger partial charge in [-0.15, -0.1) is 0 Å². The standard InChI is InChI=1S/C20H23FN2O/c1-3-23(4-2)18-8-6-17(7-9-18)20(24)12-11-16-13-15(14-21)5-10-19(16)22-20/h5-13,22,24H,3-4,14H2,1-2H3. The van der Waals surface area contributed by atoms with Crippen molar-refractivity contribution in [1.29, 1.82) is 0 Å². The van der Waals surface area contributed by atoms with Crippen molar-refractivity contribution >= 4 is 17.5 Å². The van der Waals surface area contributed by atoms with Crippen LogP contribution in [0.4, 0.5) is 15.8 Å². The number of benzene rings is 2. The number of aliphatic hydroxyl groups is 1. The van der Waals surface area contributed by atoms with E-state index in [1.54, 1.807) is 18.2 Å². The van der Waals surface area contributed by atoms with Gasteiger partial charge < -0.3 is 15.3 Å². The van der Waals surface area contributed by atoms with E-state index in [1.165, 1.54) is 0 Å². The summed E-state index contributed by atoms with van der Waals surface area (Å²) < 4.78 is 12.8. The molecular formula is C20H23FN2O. The second-order valence-electron chi connectivity index (χ2n) is 6.00. The van der Waals surface area contributed by atoms with Crippen LogP contribution < -0.4 is 10.2 Å². The number of rotatable bonds is 5. The zero-order valence-electron chi connectivity index (χ0n) is 14.1. The molecule has 2 N–H and O–H groups in total. The molecule has 0 saturated heterocycles. The molecular weight excluding hydrogens is 303 g/mol. The van der Waals surface area contributed by atoms with Crippen LogP contribution in [0.2, 0.25) is 0 Å². The first kappa shape index (κ1) is 16.5. The van der Waals surface area contributed by atoms with Crippen LogP contribution in [0.25, 0.3) is 6.08 Å². The van der Waals surface area contributed by atoms with Gasteiger partial charge in [-0.05, 0) is 55.3 Å². The highest BCUT2D eigenvalue weighted by Gasteiger charge is 2.29. The number of fused-ring (bicyclic) bond motifs is 1. The molecule has 3 rings (SSSR count). The summed E-state index contributed by atoms with van der Waals surface area (Å²) in [7, 11) is 0. The van der Waals surface area contributed by atoms with Gasteiger partial charge in [-0.3, -0.25) is 0 Å². The lowest BCUT2D eigenvalue weighted by Gasteiger charge is -2.32. The summed E-state index contributed by atoms with van der Waals surface area (Å²) in [5.74, 6) is 0. The zero-order chi connectivity index (χ0) is 17.2. The molecule has 1 unspecified atom stereocenters. The number of hydrogen-bond acceptors (Lipinski definition) is 3. The molecule has 2 aromatic carbocycles. The number of halogens is 1. The summed E-state index contributed by atoms with van der Waals surface area (Å²) in [5.41, 5.74) is 2.97. The second-order valence-corrected chi connectivity index (χ2v) is 6.00. The Hall–Kier alpha value is -2.33. The number of nitrogens with one attached hydrogen (secondary N) is 1. The molecule has 4 heteroatoms. The monoisotopic (exact) mass is 326 g/mol. The topological polar surface area (TPSA) is 35.5 Å². The fourth-order valence-electron chi connectivity index (χ4n) is 3.09. The summed E-state index contributed by atoms with van der Waals surface area (Å²) in [6.45, 7) is 5.65. The van der Waals surface area contributed by atoms with Crippen molar-refractivity contribution in [2.45, 2.75) is 26.2 Å². The maximum absolute atomic E-state index is 12.8. The molecule has 0 aromatic heterocycles. The molecule has 1 aliphatic rings. The van der Waals surface area contributed by atoms with Gasteiger partial charge in [-0.2, -0.15) is 0 Å². The van der Waals surface area contributed by atoms with Gasteiger partial charge in [0, 0.05) is 30.0 Å². The number of anilines is 2. The Bertz CT molecular complexity index is 738. The first-order valence-electron chi connectivity index (χ1n) is 8.33. The van der Waals surface area contributed by atoms with Gasteiger partial charge in [0.15, 0.2) is 5.72 Å². The van der Waals surface area contributed by atoms with Crippen molar-refractivity contribution in [2.75, 3.05) is 23.3 Å². The quantitative estimate of drug-likeness (QED) is 0.860. The molecule has 0 radical (unpaired) electrons.